The molecule has 0 fully saturated rings. The lowest BCUT2D eigenvalue weighted by Crippen LogP contribution is -2.33. The van der Waals surface area contributed by atoms with E-state index in [2.05, 4.69) is 10.0 Å². The van der Waals surface area contributed by atoms with Crippen LogP contribution < -0.4 is 14.9 Å². The van der Waals surface area contributed by atoms with Gasteiger partial charge in [0.15, 0.2) is 0 Å². The van der Waals surface area contributed by atoms with Crippen molar-refractivity contribution in [1.29, 1.82) is 0 Å². The summed E-state index contributed by atoms with van der Waals surface area (Å²) >= 11 is 5.81. The molecule has 0 bridgehead atoms. The first-order chi connectivity index (χ1) is 14.3. The number of amides is 1. The smallest absolute Gasteiger partial charge is 0.261 e. The molecule has 6 nitrogen and oxygen atoms in total. The molecule has 3 aromatic rings. The van der Waals surface area contributed by atoms with Crippen LogP contribution in [0.15, 0.2) is 83.8 Å². The molecule has 1 amide bonds. The Bertz CT molecular complexity index is 1100. The van der Waals surface area contributed by atoms with Crippen LogP contribution in [0.5, 0.6) is 0 Å². The summed E-state index contributed by atoms with van der Waals surface area (Å²) in [5.41, 5.74) is 1.73. The van der Waals surface area contributed by atoms with Gasteiger partial charge in [0.1, 0.15) is 0 Å². The number of sulfonamides is 1. The summed E-state index contributed by atoms with van der Waals surface area (Å²) in [4.78, 5) is 14.6. The van der Waals surface area contributed by atoms with Gasteiger partial charge in [0.2, 0.25) is 0 Å². The van der Waals surface area contributed by atoms with Crippen LogP contribution in [0.3, 0.4) is 0 Å². The summed E-state index contributed by atoms with van der Waals surface area (Å²) in [6, 6.07) is 22.1. The van der Waals surface area contributed by atoms with E-state index in [1.54, 1.807) is 18.2 Å². The molecule has 0 spiro atoms. The third-order valence-corrected chi connectivity index (χ3v) is 6.08. The van der Waals surface area contributed by atoms with Crippen molar-refractivity contribution in [2.24, 2.45) is 0 Å². The first kappa shape index (κ1) is 21.7. The van der Waals surface area contributed by atoms with Crippen molar-refractivity contribution in [1.82, 2.24) is 5.32 Å². The van der Waals surface area contributed by atoms with Crippen LogP contribution in [0.4, 0.5) is 11.4 Å². The van der Waals surface area contributed by atoms with Gasteiger partial charge in [0, 0.05) is 42.1 Å². The molecule has 0 radical (unpaired) electrons. The molecule has 156 valence electrons. The molecule has 0 aliphatic rings. The molecule has 0 unspecified atom stereocenters. The van der Waals surface area contributed by atoms with E-state index < -0.39 is 10.0 Å². The van der Waals surface area contributed by atoms with E-state index in [1.165, 1.54) is 30.3 Å². The highest BCUT2D eigenvalue weighted by Gasteiger charge is 2.15. The fourth-order valence-corrected chi connectivity index (χ4v) is 3.98. The first-order valence-electron chi connectivity index (χ1n) is 9.28. The number of hydrogen-bond acceptors (Lipinski definition) is 4. The maximum absolute atomic E-state index is 12.5. The molecule has 0 aromatic heterocycles. The van der Waals surface area contributed by atoms with Gasteiger partial charge in [0.25, 0.3) is 15.9 Å². The number of halogens is 1. The highest BCUT2D eigenvalue weighted by Crippen LogP contribution is 2.19. The lowest BCUT2D eigenvalue weighted by Gasteiger charge is -2.19. The molecular formula is C22H22ClN3O3S. The van der Waals surface area contributed by atoms with Crippen molar-refractivity contribution in [2.45, 2.75) is 4.90 Å². The van der Waals surface area contributed by atoms with Gasteiger partial charge in [-0.1, -0.05) is 35.9 Å². The quantitative estimate of drug-likeness (QED) is 0.551. The Morgan fingerprint density at radius 3 is 2.37 bits per heavy atom. The van der Waals surface area contributed by atoms with Gasteiger partial charge in [-0.25, -0.2) is 8.42 Å². The van der Waals surface area contributed by atoms with Crippen molar-refractivity contribution in [3.8, 4) is 0 Å². The molecule has 8 heteroatoms. The molecule has 0 saturated heterocycles. The largest absolute Gasteiger partial charge is 0.373 e. The minimum atomic E-state index is -3.78. The lowest BCUT2D eigenvalue weighted by molar-refractivity contribution is 0.0954. The first-order valence-corrected chi connectivity index (χ1v) is 11.1. The zero-order valence-corrected chi connectivity index (χ0v) is 18.0. The number of anilines is 2. The van der Waals surface area contributed by atoms with Gasteiger partial charge in [-0.15, -0.1) is 0 Å². The molecule has 3 aromatic carbocycles. The topological polar surface area (TPSA) is 78.5 Å². The van der Waals surface area contributed by atoms with E-state index in [9.17, 15) is 13.2 Å². The van der Waals surface area contributed by atoms with Crippen LogP contribution in [-0.4, -0.2) is 34.5 Å². The molecule has 0 heterocycles. The van der Waals surface area contributed by atoms with Crippen LogP contribution in [0.25, 0.3) is 0 Å². The second-order valence-corrected chi connectivity index (χ2v) is 8.77. The van der Waals surface area contributed by atoms with Crippen LogP contribution in [0, 0.1) is 0 Å². The molecular weight excluding hydrogens is 422 g/mol. The Balaban J connectivity index is 1.60. The van der Waals surface area contributed by atoms with Gasteiger partial charge in [-0.2, -0.15) is 0 Å². The van der Waals surface area contributed by atoms with Crippen LogP contribution >= 0.6 is 11.6 Å². The lowest BCUT2D eigenvalue weighted by atomic mass is 10.2. The molecule has 0 saturated carbocycles. The predicted molar refractivity (Wildman–Crippen MR) is 121 cm³/mol. The van der Waals surface area contributed by atoms with Gasteiger partial charge >= 0.3 is 0 Å². The van der Waals surface area contributed by atoms with E-state index in [0.29, 0.717) is 29.4 Å². The number of carbonyl (C=O) groups excluding carboxylic acids is 1. The van der Waals surface area contributed by atoms with Crippen LogP contribution in [0.1, 0.15) is 10.4 Å². The monoisotopic (exact) mass is 443 g/mol. The summed E-state index contributed by atoms with van der Waals surface area (Å²) in [7, 11) is -1.83. The van der Waals surface area contributed by atoms with E-state index >= 15 is 0 Å². The standard InChI is InChI=1S/C22H22ClN3O3S/c1-26(20-8-3-2-4-9-20)15-14-24-22(27)17-6-5-7-19(16-17)25-30(28,29)21-12-10-18(23)11-13-21/h2-13,16,25H,14-15H2,1H3,(H,24,27). The summed E-state index contributed by atoms with van der Waals surface area (Å²) in [6.45, 7) is 1.09. The number of para-hydroxylation sites is 1. The van der Waals surface area contributed by atoms with Gasteiger partial charge in [0.05, 0.1) is 4.90 Å². The normalized spacial score (nSPS) is 11.0. The zero-order chi connectivity index (χ0) is 21.6. The summed E-state index contributed by atoms with van der Waals surface area (Å²) in [5.74, 6) is -0.274. The zero-order valence-electron chi connectivity index (χ0n) is 16.4. The number of hydrogen-bond donors (Lipinski definition) is 2. The van der Waals surface area contributed by atoms with Crippen molar-refractivity contribution in [3.05, 3.63) is 89.4 Å². The van der Waals surface area contributed by atoms with Crippen molar-refractivity contribution < 1.29 is 13.2 Å². The van der Waals surface area contributed by atoms with Crippen LogP contribution in [-0.2, 0) is 10.0 Å². The van der Waals surface area contributed by atoms with E-state index in [0.717, 1.165) is 5.69 Å². The Kier molecular flexibility index (Phi) is 6.97. The molecule has 0 atom stereocenters. The molecule has 0 aliphatic heterocycles. The number of likely N-dealkylation sites (N-methyl/N-ethyl adjacent to an activating group) is 1. The number of nitrogens with zero attached hydrogens (tertiary/aromatic N) is 1. The predicted octanol–water partition coefficient (Wildman–Crippen LogP) is 4.01. The number of carbonyl (C=O) groups is 1. The minimum absolute atomic E-state index is 0.0886. The second kappa shape index (κ2) is 9.65. The minimum Gasteiger partial charge on any atom is -0.373 e. The molecule has 3 rings (SSSR count). The fourth-order valence-electron chi connectivity index (χ4n) is 2.80. The van der Waals surface area contributed by atoms with E-state index in [4.69, 9.17) is 11.6 Å². The SMILES string of the molecule is CN(CCNC(=O)c1cccc(NS(=O)(=O)c2ccc(Cl)cc2)c1)c1ccccc1. The molecule has 30 heavy (non-hydrogen) atoms. The second-order valence-electron chi connectivity index (χ2n) is 6.65. The third-order valence-electron chi connectivity index (χ3n) is 4.43. The maximum Gasteiger partial charge on any atom is 0.261 e. The number of benzene rings is 3. The average Bonchev–Trinajstić information content (AvgIpc) is 2.74. The average molecular weight is 444 g/mol. The number of rotatable bonds is 8. The fraction of sp³-hybridized carbons (Fsp3) is 0.136. The highest BCUT2D eigenvalue weighted by molar-refractivity contribution is 7.92. The van der Waals surface area contributed by atoms with Gasteiger partial charge < -0.3 is 10.2 Å². The highest BCUT2D eigenvalue weighted by atomic mass is 35.5. The Labute approximate surface area is 181 Å². The Morgan fingerprint density at radius 1 is 0.967 bits per heavy atom. The number of nitrogens with one attached hydrogen (secondary N) is 2. The summed E-state index contributed by atoms with van der Waals surface area (Å²) < 4.78 is 27.5. The molecule has 2 N–H and O–H groups in total. The Hall–Kier alpha value is -3.03. The van der Waals surface area contributed by atoms with E-state index in [-0.39, 0.29) is 10.8 Å². The summed E-state index contributed by atoms with van der Waals surface area (Å²) in [6.07, 6.45) is 0. The maximum atomic E-state index is 12.5. The van der Waals surface area contributed by atoms with Gasteiger partial charge in [-0.05, 0) is 54.6 Å². The van der Waals surface area contributed by atoms with Crippen molar-refractivity contribution in [3.63, 3.8) is 0 Å². The van der Waals surface area contributed by atoms with Crippen molar-refractivity contribution in [2.75, 3.05) is 29.8 Å². The Morgan fingerprint density at radius 2 is 1.67 bits per heavy atom. The summed E-state index contributed by atoms with van der Waals surface area (Å²) in [5, 5.41) is 3.30. The molecule has 0 aliphatic carbocycles. The van der Waals surface area contributed by atoms with E-state index in [1.807, 2.05) is 42.3 Å². The van der Waals surface area contributed by atoms with Gasteiger partial charge in [-0.3, -0.25) is 9.52 Å². The third kappa shape index (κ3) is 5.75. The van der Waals surface area contributed by atoms with Crippen LogP contribution in [0.2, 0.25) is 5.02 Å². The van der Waals surface area contributed by atoms with Crippen molar-refractivity contribution >= 4 is 38.9 Å².